The molecule has 0 unspecified atom stereocenters. The number of aliphatic imine (C=N–C) groups is 1. The Kier molecular flexibility index (Phi) is 5.40. The maximum absolute atomic E-state index is 12.9. The van der Waals surface area contributed by atoms with Crippen LogP contribution in [0.5, 0.6) is 0 Å². The molecule has 9 nitrogen and oxygen atoms in total. The van der Waals surface area contributed by atoms with Crippen LogP contribution in [0.25, 0.3) is 5.69 Å². The van der Waals surface area contributed by atoms with Crippen LogP contribution < -0.4 is 5.56 Å². The zero-order chi connectivity index (χ0) is 21.1. The molecule has 0 spiro atoms. The first-order chi connectivity index (χ1) is 13.8. The molecule has 0 fully saturated rings. The number of nitro benzene ring substituents is 1. The third-order valence-corrected chi connectivity index (χ3v) is 4.30. The SMILES string of the molecule is CC(C)c1[nH]n(-c2ccccc2)c(=O)c1C=Nc1ccc([N+](=O)[O-])cc1C(=O)O. The number of nitrogens with one attached hydrogen (secondary N) is 1. The Bertz CT molecular complexity index is 1160. The number of aromatic carboxylic acids is 1. The number of H-pyrrole nitrogens is 1. The second kappa shape index (κ2) is 7.93. The summed E-state index contributed by atoms with van der Waals surface area (Å²) in [4.78, 5) is 38.7. The minimum atomic E-state index is -1.35. The molecular weight excluding hydrogens is 376 g/mol. The minimum Gasteiger partial charge on any atom is -0.478 e. The van der Waals surface area contributed by atoms with Crippen molar-refractivity contribution in [3.63, 3.8) is 0 Å². The van der Waals surface area contributed by atoms with E-state index in [0.29, 0.717) is 16.9 Å². The monoisotopic (exact) mass is 394 g/mol. The molecule has 29 heavy (non-hydrogen) atoms. The lowest BCUT2D eigenvalue weighted by molar-refractivity contribution is -0.384. The van der Waals surface area contributed by atoms with Gasteiger partial charge >= 0.3 is 5.97 Å². The highest BCUT2D eigenvalue weighted by Gasteiger charge is 2.18. The molecule has 0 saturated heterocycles. The van der Waals surface area contributed by atoms with Gasteiger partial charge in [0.1, 0.15) is 0 Å². The number of aromatic nitrogens is 2. The number of rotatable bonds is 6. The number of para-hydroxylation sites is 1. The molecule has 0 saturated carbocycles. The van der Waals surface area contributed by atoms with Crippen LogP contribution in [-0.2, 0) is 0 Å². The summed E-state index contributed by atoms with van der Waals surface area (Å²) >= 11 is 0. The highest BCUT2D eigenvalue weighted by Crippen LogP contribution is 2.25. The third-order valence-electron chi connectivity index (χ3n) is 4.30. The van der Waals surface area contributed by atoms with Crippen molar-refractivity contribution in [2.24, 2.45) is 4.99 Å². The fourth-order valence-electron chi connectivity index (χ4n) is 2.85. The van der Waals surface area contributed by atoms with Gasteiger partial charge in [0.05, 0.1) is 27.4 Å². The van der Waals surface area contributed by atoms with Crippen molar-refractivity contribution < 1.29 is 14.8 Å². The molecule has 3 aromatic rings. The molecule has 0 aliphatic heterocycles. The van der Waals surface area contributed by atoms with Crippen LogP contribution >= 0.6 is 0 Å². The van der Waals surface area contributed by atoms with Gasteiger partial charge in [-0.3, -0.25) is 25.0 Å². The fourth-order valence-corrected chi connectivity index (χ4v) is 2.85. The van der Waals surface area contributed by atoms with Crippen molar-refractivity contribution in [3.8, 4) is 5.69 Å². The van der Waals surface area contributed by atoms with Crippen molar-refractivity contribution in [2.45, 2.75) is 19.8 Å². The van der Waals surface area contributed by atoms with E-state index in [4.69, 9.17) is 0 Å². The lowest BCUT2D eigenvalue weighted by atomic mass is 10.1. The Morgan fingerprint density at radius 3 is 2.52 bits per heavy atom. The van der Waals surface area contributed by atoms with Crippen molar-refractivity contribution >= 4 is 23.6 Å². The summed E-state index contributed by atoms with van der Waals surface area (Å²) in [5, 5.41) is 23.3. The summed E-state index contributed by atoms with van der Waals surface area (Å²) in [6.45, 7) is 3.82. The van der Waals surface area contributed by atoms with Gasteiger partial charge in [0.2, 0.25) is 0 Å². The lowest BCUT2D eigenvalue weighted by Crippen LogP contribution is -2.17. The van der Waals surface area contributed by atoms with Gasteiger partial charge in [0, 0.05) is 24.0 Å². The fraction of sp³-hybridized carbons (Fsp3) is 0.150. The lowest BCUT2D eigenvalue weighted by Gasteiger charge is -2.04. The Morgan fingerprint density at radius 2 is 1.93 bits per heavy atom. The van der Waals surface area contributed by atoms with Gasteiger partial charge in [-0.15, -0.1) is 0 Å². The molecule has 148 valence electrons. The molecule has 0 aliphatic carbocycles. The molecule has 0 aliphatic rings. The Balaban J connectivity index is 2.10. The van der Waals surface area contributed by atoms with E-state index < -0.39 is 10.9 Å². The standard InChI is InChI=1S/C20H18N4O5/c1-12(2)18-16(19(25)23(22-18)13-6-4-3-5-7-13)11-21-17-9-8-14(24(28)29)10-15(17)20(26)27/h3-12,22H,1-2H3,(H,26,27). The first kappa shape index (κ1) is 19.7. The summed E-state index contributed by atoms with van der Waals surface area (Å²) < 4.78 is 1.39. The number of carboxylic acid groups (broad SMARTS) is 1. The number of non-ortho nitro benzene ring substituents is 1. The van der Waals surface area contributed by atoms with Crippen LogP contribution in [0.2, 0.25) is 0 Å². The topological polar surface area (TPSA) is 131 Å². The molecular formula is C20H18N4O5. The zero-order valence-corrected chi connectivity index (χ0v) is 15.7. The van der Waals surface area contributed by atoms with Gasteiger partial charge in [-0.25, -0.2) is 9.48 Å². The maximum Gasteiger partial charge on any atom is 0.338 e. The average molecular weight is 394 g/mol. The van der Waals surface area contributed by atoms with E-state index in [-0.39, 0.29) is 28.4 Å². The number of nitrogens with zero attached hydrogens (tertiary/aromatic N) is 3. The van der Waals surface area contributed by atoms with Crippen molar-refractivity contribution in [1.82, 2.24) is 9.78 Å². The zero-order valence-electron chi connectivity index (χ0n) is 15.7. The molecule has 3 rings (SSSR count). The second-order valence-electron chi connectivity index (χ2n) is 6.59. The summed E-state index contributed by atoms with van der Waals surface area (Å²) in [6.07, 6.45) is 1.29. The predicted octanol–water partition coefficient (Wildman–Crippen LogP) is 3.65. The molecule has 1 aromatic heterocycles. The first-order valence-electron chi connectivity index (χ1n) is 8.75. The molecule has 0 amide bonds. The molecule has 0 bridgehead atoms. The molecule has 0 radical (unpaired) electrons. The van der Waals surface area contributed by atoms with E-state index in [1.165, 1.54) is 23.0 Å². The van der Waals surface area contributed by atoms with Gasteiger partial charge in [0.15, 0.2) is 0 Å². The third kappa shape index (κ3) is 3.98. The number of carbonyl (C=O) groups is 1. The van der Waals surface area contributed by atoms with E-state index in [9.17, 15) is 24.8 Å². The largest absolute Gasteiger partial charge is 0.478 e. The number of nitro groups is 1. The van der Waals surface area contributed by atoms with Gasteiger partial charge in [-0.05, 0) is 24.1 Å². The van der Waals surface area contributed by atoms with E-state index in [1.807, 2.05) is 19.9 Å². The van der Waals surface area contributed by atoms with Crippen LogP contribution in [0.1, 0.15) is 41.4 Å². The molecule has 9 heteroatoms. The van der Waals surface area contributed by atoms with Crippen molar-refractivity contribution in [1.29, 1.82) is 0 Å². The van der Waals surface area contributed by atoms with Crippen LogP contribution in [-0.4, -0.2) is 32.0 Å². The van der Waals surface area contributed by atoms with Crippen LogP contribution in [0.3, 0.4) is 0 Å². The van der Waals surface area contributed by atoms with Crippen LogP contribution in [0, 0.1) is 10.1 Å². The van der Waals surface area contributed by atoms with E-state index in [1.54, 1.807) is 24.3 Å². The maximum atomic E-state index is 12.9. The van der Waals surface area contributed by atoms with E-state index >= 15 is 0 Å². The summed E-state index contributed by atoms with van der Waals surface area (Å²) in [7, 11) is 0. The number of benzene rings is 2. The highest BCUT2D eigenvalue weighted by atomic mass is 16.6. The van der Waals surface area contributed by atoms with Gasteiger partial charge in [0.25, 0.3) is 11.2 Å². The molecule has 2 aromatic carbocycles. The average Bonchev–Trinajstić information content (AvgIpc) is 3.03. The number of hydrogen-bond acceptors (Lipinski definition) is 5. The smallest absolute Gasteiger partial charge is 0.338 e. The van der Waals surface area contributed by atoms with Crippen LogP contribution in [0.4, 0.5) is 11.4 Å². The quantitative estimate of drug-likeness (QED) is 0.374. The normalized spacial score (nSPS) is 11.3. The second-order valence-corrected chi connectivity index (χ2v) is 6.59. The number of carboxylic acids is 1. The van der Waals surface area contributed by atoms with Gasteiger partial charge in [-0.2, -0.15) is 0 Å². The molecule has 0 atom stereocenters. The minimum absolute atomic E-state index is 0.0182. The predicted molar refractivity (Wildman–Crippen MR) is 108 cm³/mol. The Labute approximate surface area is 165 Å². The number of hydrogen-bond donors (Lipinski definition) is 2. The van der Waals surface area contributed by atoms with E-state index in [2.05, 4.69) is 10.1 Å². The van der Waals surface area contributed by atoms with Gasteiger partial charge < -0.3 is 5.11 Å². The van der Waals surface area contributed by atoms with Crippen molar-refractivity contribution in [2.75, 3.05) is 0 Å². The highest BCUT2D eigenvalue weighted by molar-refractivity contribution is 5.96. The summed E-state index contributed by atoms with van der Waals surface area (Å²) in [5.41, 5.74) is 0.602. The molecule has 2 N–H and O–H groups in total. The van der Waals surface area contributed by atoms with Gasteiger partial charge in [-0.1, -0.05) is 32.0 Å². The summed E-state index contributed by atoms with van der Waals surface area (Å²) in [6, 6.07) is 12.4. The first-order valence-corrected chi connectivity index (χ1v) is 8.75. The summed E-state index contributed by atoms with van der Waals surface area (Å²) in [5.74, 6) is -1.37. The van der Waals surface area contributed by atoms with E-state index in [0.717, 1.165) is 6.07 Å². The number of aromatic amines is 1. The van der Waals surface area contributed by atoms with Crippen LogP contribution in [0.15, 0.2) is 58.3 Å². The molecule has 1 heterocycles. The Hall–Kier alpha value is -4.01. The van der Waals surface area contributed by atoms with Crippen molar-refractivity contribution in [3.05, 3.63) is 85.8 Å². The Morgan fingerprint density at radius 1 is 1.24 bits per heavy atom.